The van der Waals surface area contributed by atoms with Crippen LogP contribution in [0.5, 0.6) is 0 Å². The van der Waals surface area contributed by atoms with Crippen molar-refractivity contribution in [1.29, 1.82) is 0 Å². The molecule has 0 radical (unpaired) electrons. The van der Waals surface area contributed by atoms with Crippen molar-refractivity contribution in [2.45, 2.75) is 113 Å². The Bertz CT molecular complexity index is 1730. The SMILES string of the molecule is C=C1CCC(C(=O)OCC)CC1.C=C1CCC(F)(C(=O)OCC)CC1.CCOC(=O)C1CCC(=O)CC1.O=S(=O)(c1ccccc1)N(F)S(=O)(=O)c1ccccc1. The number of esters is 3. The van der Waals surface area contributed by atoms with Crippen LogP contribution in [0.4, 0.5) is 8.87 Å². The van der Waals surface area contributed by atoms with Gasteiger partial charge in [0.25, 0.3) is 20.0 Å². The number of ether oxygens (including phenoxy) is 3. The highest BCUT2D eigenvalue weighted by atomic mass is 32.3. The first kappa shape index (κ1) is 48.9. The van der Waals surface area contributed by atoms with E-state index in [9.17, 15) is 44.9 Å². The van der Waals surface area contributed by atoms with Gasteiger partial charge in [-0.2, -0.15) is 0 Å². The fraction of sp³-hybridized carbons (Fsp3) is 0.512. The number of carbonyl (C=O) groups excluding carboxylic acids is 4. The van der Waals surface area contributed by atoms with E-state index in [2.05, 4.69) is 17.9 Å². The molecule has 5 rings (SSSR count). The highest BCUT2D eigenvalue weighted by Gasteiger charge is 2.42. The quantitative estimate of drug-likeness (QED) is 0.0986. The third kappa shape index (κ3) is 15.5. The molecular formula is C41H55F2NO11S2. The number of alkyl halides is 1. The lowest BCUT2D eigenvalue weighted by Crippen LogP contribution is -2.37. The molecule has 0 spiro atoms. The van der Waals surface area contributed by atoms with Crippen molar-refractivity contribution in [1.82, 2.24) is 3.93 Å². The minimum absolute atomic E-state index is 0.0231. The monoisotopic (exact) mass is 839 g/mol. The standard InChI is InChI=1S/C12H10FNO4S2.C10H15FO2.C10H16O2.C9H14O3/c13-14(19(15,16)11-7-3-1-4-8-11)20(17,18)12-9-5-2-6-10-12;1-3-13-9(12)10(11)6-4-8(2)5-7-10;1-3-12-10(11)9-6-4-8(2)5-7-9;1-2-12-9(11)7-3-5-8(10)6-4-7/h1-10H;2-7H2,1H3;9H,2-7H2,1H3;7H,2-6H2,1H3. The Morgan fingerprint density at radius 1 is 0.649 bits per heavy atom. The normalized spacial score (nSPS) is 17.3. The van der Waals surface area contributed by atoms with Crippen molar-refractivity contribution < 1.29 is 59.1 Å². The van der Waals surface area contributed by atoms with Crippen LogP contribution in [-0.2, 0) is 53.4 Å². The van der Waals surface area contributed by atoms with Gasteiger partial charge in [0, 0.05) is 12.8 Å². The van der Waals surface area contributed by atoms with Crippen molar-refractivity contribution in [2.75, 3.05) is 19.8 Å². The van der Waals surface area contributed by atoms with Crippen LogP contribution in [0.15, 0.2) is 94.8 Å². The minimum Gasteiger partial charge on any atom is -0.466 e. The van der Waals surface area contributed by atoms with Gasteiger partial charge in [0.1, 0.15) is 5.78 Å². The van der Waals surface area contributed by atoms with Gasteiger partial charge < -0.3 is 14.2 Å². The molecule has 0 N–H and O–H groups in total. The topological polar surface area (TPSA) is 167 Å². The third-order valence-corrected chi connectivity index (χ3v) is 13.0. The number of Topliss-reactive ketones (excluding diaryl/α,β-unsaturated/α-hetero) is 1. The molecule has 316 valence electrons. The maximum atomic E-state index is 14.0. The van der Waals surface area contributed by atoms with E-state index in [0.717, 1.165) is 55.5 Å². The molecule has 3 fully saturated rings. The fourth-order valence-corrected chi connectivity index (χ4v) is 8.79. The van der Waals surface area contributed by atoms with Crippen LogP contribution in [0.25, 0.3) is 0 Å². The maximum absolute atomic E-state index is 14.0. The molecule has 3 aliphatic rings. The molecule has 0 bridgehead atoms. The second-order valence-electron chi connectivity index (χ2n) is 13.6. The summed E-state index contributed by atoms with van der Waals surface area (Å²) in [5.74, 6) is -0.480. The van der Waals surface area contributed by atoms with Crippen molar-refractivity contribution in [3.8, 4) is 0 Å². The lowest BCUT2D eigenvalue weighted by atomic mass is 9.84. The van der Waals surface area contributed by atoms with Crippen molar-refractivity contribution in [2.24, 2.45) is 11.8 Å². The lowest BCUT2D eigenvalue weighted by molar-refractivity contribution is -0.159. The number of hydrogen-bond donors (Lipinski definition) is 0. The summed E-state index contributed by atoms with van der Waals surface area (Å²) in [7, 11) is -9.53. The summed E-state index contributed by atoms with van der Waals surface area (Å²) in [5, 5.41) is 0. The summed E-state index contributed by atoms with van der Waals surface area (Å²) in [6.45, 7) is 14.2. The molecule has 0 saturated heterocycles. The highest BCUT2D eigenvalue weighted by molar-refractivity contribution is 8.03. The molecule has 0 amide bonds. The van der Waals surface area contributed by atoms with E-state index < -0.39 is 45.4 Å². The molecule has 3 saturated carbocycles. The van der Waals surface area contributed by atoms with Crippen molar-refractivity contribution in [3.63, 3.8) is 0 Å². The van der Waals surface area contributed by atoms with Crippen LogP contribution in [0.1, 0.15) is 97.8 Å². The predicted octanol–water partition coefficient (Wildman–Crippen LogP) is 7.94. The average Bonchev–Trinajstić information content (AvgIpc) is 3.21. The molecule has 16 heteroatoms. The second kappa shape index (κ2) is 23.8. The highest BCUT2D eigenvalue weighted by Crippen LogP contribution is 2.35. The van der Waals surface area contributed by atoms with E-state index in [1.54, 1.807) is 13.8 Å². The van der Waals surface area contributed by atoms with Crippen LogP contribution in [0.2, 0.25) is 0 Å². The van der Waals surface area contributed by atoms with Crippen LogP contribution < -0.4 is 0 Å². The summed E-state index contributed by atoms with van der Waals surface area (Å²) >= 11 is 0. The minimum atomic E-state index is -4.77. The van der Waals surface area contributed by atoms with E-state index in [4.69, 9.17) is 9.47 Å². The van der Waals surface area contributed by atoms with Gasteiger partial charge in [-0.1, -0.05) is 60.7 Å². The van der Waals surface area contributed by atoms with Crippen molar-refractivity contribution >= 4 is 43.7 Å². The first-order valence-electron chi connectivity index (χ1n) is 19.0. The number of benzene rings is 2. The van der Waals surface area contributed by atoms with Crippen LogP contribution in [-0.4, -0.2) is 69.9 Å². The number of allylic oxidation sites excluding steroid dienone is 2. The molecule has 2 aromatic carbocycles. The van der Waals surface area contributed by atoms with Crippen LogP contribution in [0, 0.1) is 11.8 Å². The number of nitrogens with zero attached hydrogens (tertiary/aromatic N) is 1. The van der Waals surface area contributed by atoms with Gasteiger partial charge in [0.15, 0.2) is 0 Å². The third-order valence-electron chi connectivity index (χ3n) is 9.33. The van der Waals surface area contributed by atoms with Gasteiger partial charge in [-0.3, -0.25) is 14.4 Å². The molecule has 2 aromatic rings. The first-order chi connectivity index (χ1) is 26.9. The molecule has 3 aliphatic carbocycles. The molecule has 57 heavy (non-hydrogen) atoms. The Kier molecular flexibility index (Phi) is 20.4. The predicted molar refractivity (Wildman–Crippen MR) is 210 cm³/mol. The average molecular weight is 840 g/mol. The van der Waals surface area contributed by atoms with Gasteiger partial charge in [0.2, 0.25) is 5.67 Å². The lowest BCUT2D eigenvalue weighted by Gasteiger charge is -2.27. The molecular weight excluding hydrogens is 785 g/mol. The number of hydrogen-bond acceptors (Lipinski definition) is 11. The Balaban J connectivity index is 0.000000270. The summed E-state index contributed by atoms with van der Waals surface area (Å²) in [6.07, 6.45) is 7.92. The molecule has 0 aliphatic heterocycles. The Labute approximate surface area is 335 Å². The number of sulfonamides is 2. The number of carbonyl (C=O) groups is 4. The van der Waals surface area contributed by atoms with Gasteiger partial charge in [0.05, 0.1) is 45.4 Å². The second-order valence-corrected chi connectivity index (χ2v) is 17.3. The van der Waals surface area contributed by atoms with Gasteiger partial charge in [-0.25, -0.2) is 26.0 Å². The zero-order valence-electron chi connectivity index (χ0n) is 33.0. The van der Waals surface area contributed by atoms with Gasteiger partial charge >= 0.3 is 17.9 Å². The maximum Gasteiger partial charge on any atom is 0.343 e. The van der Waals surface area contributed by atoms with E-state index in [1.807, 2.05) is 6.92 Å². The molecule has 12 nitrogen and oxygen atoms in total. The van der Waals surface area contributed by atoms with E-state index in [-0.39, 0.29) is 49.0 Å². The number of ketones is 1. The fourth-order valence-electron chi connectivity index (χ4n) is 5.90. The van der Waals surface area contributed by atoms with E-state index >= 15 is 0 Å². The Morgan fingerprint density at radius 2 is 1.00 bits per heavy atom. The van der Waals surface area contributed by atoms with Crippen LogP contribution in [0.3, 0.4) is 0 Å². The van der Waals surface area contributed by atoms with Gasteiger partial charge in [-0.05, 0) is 109 Å². The Morgan fingerprint density at radius 3 is 1.37 bits per heavy atom. The number of rotatable bonds is 10. The number of halogens is 2. The summed E-state index contributed by atoms with van der Waals surface area (Å²) in [6, 6.07) is 13.0. The van der Waals surface area contributed by atoms with Gasteiger partial charge in [-0.15, -0.1) is 4.48 Å². The Hall–Kier alpha value is -4.28. The van der Waals surface area contributed by atoms with Crippen molar-refractivity contribution in [3.05, 3.63) is 85.0 Å². The summed E-state index contributed by atoms with van der Waals surface area (Å²) in [4.78, 5) is 43.6. The summed E-state index contributed by atoms with van der Waals surface area (Å²) in [5.41, 5.74) is 0.546. The summed E-state index contributed by atoms with van der Waals surface area (Å²) < 4.78 is 88.9. The zero-order chi connectivity index (χ0) is 42.6. The molecule has 0 atom stereocenters. The van der Waals surface area contributed by atoms with Crippen LogP contribution >= 0.6 is 0 Å². The van der Waals surface area contributed by atoms with E-state index in [0.29, 0.717) is 51.7 Å². The molecule has 0 unspecified atom stereocenters. The zero-order valence-corrected chi connectivity index (χ0v) is 34.6. The molecule has 0 heterocycles. The van der Waals surface area contributed by atoms with E-state index in [1.165, 1.54) is 42.0 Å². The first-order valence-corrected chi connectivity index (χ1v) is 21.9. The molecule has 0 aromatic heterocycles. The largest absolute Gasteiger partial charge is 0.466 e. The smallest absolute Gasteiger partial charge is 0.343 e.